The fourth-order valence-electron chi connectivity index (χ4n) is 6.33. The summed E-state index contributed by atoms with van der Waals surface area (Å²) in [6.45, 7) is 4.30. The standard InChI is InChI=1S/C25H30N2O2/c1-15-18(14-26-27(15)3)11-17-13-23-22-7-5-16-12-19(29-4)6-8-20(16)21(22)9-10-25(23,2)24(17)28/h6,8,11-12,14,21-23H,5,7,9-10,13H2,1-4H3/b17-11+/t21-,22-,23-,25+/m1/s1. The molecule has 1 aromatic heterocycles. The van der Waals surface area contributed by atoms with E-state index in [1.165, 1.54) is 17.5 Å². The lowest BCUT2D eigenvalue weighted by molar-refractivity contribution is -0.127. The molecule has 152 valence electrons. The van der Waals surface area contributed by atoms with Crippen LogP contribution in [0.1, 0.15) is 60.9 Å². The topological polar surface area (TPSA) is 44.1 Å². The summed E-state index contributed by atoms with van der Waals surface area (Å²) in [5.41, 5.74) is 5.94. The first-order chi connectivity index (χ1) is 13.9. The van der Waals surface area contributed by atoms with Gasteiger partial charge in [-0.3, -0.25) is 9.48 Å². The SMILES string of the molecule is COc1ccc2c(c1)CC[C@@H]1[C@@H]2CC[C@]2(C)C(=O)/C(=C/c3cnn(C)c3C)C[C@H]12. The zero-order valence-corrected chi connectivity index (χ0v) is 17.9. The van der Waals surface area contributed by atoms with E-state index in [4.69, 9.17) is 4.74 Å². The Morgan fingerprint density at radius 1 is 1.31 bits per heavy atom. The van der Waals surface area contributed by atoms with Crippen LogP contribution in [0, 0.1) is 24.2 Å². The molecule has 5 rings (SSSR count). The Bertz CT molecular complexity index is 1020. The third-order valence-electron chi connectivity index (χ3n) is 8.18. The highest BCUT2D eigenvalue weighted by Gasteiger charge is 2.56. The van der Waals surface area contributed by atoms with E-state index in [2.05, 4.69) is 43.2 Å². The molecule has 0 saturated heterocycles. The van der Waals surface area contributed by atoms with E-state index in [0.717, 1.165) is 48.3 Å². The molecule has 0 radical (unpaired) electrons. The second kappa shape index (κ2) is 6.58. The number of benzene rings is 1. The third-order valence-corrected chi connectivity index (χ3v) is 8.18. The maximum absolute atomic E-state index is 13.5. The van der Waals surface area contributed by atoms with E-state index in [1.807, 2.05) is 17.9 Å². The van der Waals surface area contributed by atoms with Gasteiger partial charge in [0.2, 0.25) is 0 Å². The second-order valence-electron chi connectivity index (χ2n) is 9.45. The Morgan fingerprint density at radius 3 is 2.86 bits per heavy atom. The number of hydrogen-bond acceptors (Lipinski definition) is 3. The highest BCUT2D eigenvalue weighted by atomic mass is 16.5. The molecule has 0 aliphatic heterocycles. The van der Waals surface area contributed by atoms with Gasteiger partial charge >= 0.3 is 0 Å². The number of carbonyl (C=O) groups excluding carboxylic acids is 1. The number of methoxy groups -OCH3 is 1. The van der Waals surface area contributed by atoms with Crippen LogP contribution in [0.3, 0.4) is 0 Å². The number of aryl methyl sites for hydroxylation is 2. The zero-order chi connectivity index (χ0) is 20.3. The fraction of sp³-hybridized carbons (Fsp3) is 0.520. The highest BCUT2D eigenvalue weighted by Crippen LogP contribution is 2.60. The van der Waals surface area contributed by atoms with Gasteiger partial charge in [-0.1, -0.05) is 13.0 Å². The summed E-state index contributed by atoms with van der Waals surface area (Å²) >= 11 is 0. The minimum absolute atomic E-state index is 0.201. The van der Waals surface area contributed by atoms with E-state index in [-0.39, 0.29) is 5.41 Å². The molecule has 1 heterocycles. The number of allylic oxidation sites excluding steroid dienone is 1. The van der Waals surface area contributed by atoms with Gasteiger partial charge in [-0.25, -0.2) is 0 Å². The van der Waals surface area contributed by atoms with Crippen molar-refractivity contribution in [1.29, 1.82) is 0 Å². The highest BCUT2D eigenvalue weighted by molar-refractivity contribution is 6.06. The smallest absolute Gasteiger partial charge is 0.165 e. The molecule has 4 atom stereocenters. The summed E-state index contributed by atoms with van der Waals surface area (Å²) < 4.78 is 7.32. The van der Waals surface area contributed by atoms with E-state index in [9.17, 15) is 4.79 Å². The Labute approximate surface area is 173 Å². The van der Waals surface area contributed by atoms with Crippen LogP contribution >= 0.6 is 0 Å². The minimum Gasteiger partial charge on any atom is -0.497 e. The summed E-state index contributed by atoms with van der Waals surface area (Å²) in [6.07, 6.45) is 9.29. The third kappa shape index (κ3) is 2.72. The van der Waals surface area contributed by atoms with E-state index in [0.29, 0.717) is 23.5 Å². The van der Waals surface area contributed by atoms with Crippen molar-refractivity contribution in [3.05, 3.63) is 52.4 Å². The molecule has 2 saturated carbocycles. The van der Waals surface area contributed by atoms with Crippen LogP contribution in [0.4, 0.5) is 0 Å². The first-order valence-corrected chi connectivity index (χ1v) is 10.8. The first kappa shape index (κ1) is 18.7. The number of carbonyl (C=O) groups is 1. The van der Waals surface area contributed by atoms with Gasteiger partial charge in [0.1, 0.15) is 5.75 Å². The fourth-order valence-corrected chi connectivity index (χ4v) is 6.33. The van der Waals surface area contributed by atoms with Gasteiger partial charge in [0.15, 0.2) is 5.78 Å². The molecule has 3 aliphatic rings. The zero-order valence-electron chi connectivity index (χ0n) is 17.9. The Kier molecular flexibility index (Phi) is 4.23. The minimum atomic E-state index is -0.201. The normalized spacial score (nSPS) is 32.1. The van der Waals surface area contributed by atoms with Crippen molar-refractivity contribution in [3.63, 3.8) is 0 Å². The van der Waals surface area contributed by atoms with Gasteiger partial charge in [0.25, 0.3) is 0 Å². The van der Waals surface area contributed by atoms with Crippen LogP contribution < -0.4 is 4.74 Å². The van der Waals surface area contributed by atoms with Crippen LogP contribution in [-0.2, 0) is 18.3 Å². The van der Waals surface area contributed by atoms with Crippen LogP contribution in [0.25, 0.3) is 6.08 Å². The van der Waals surface area contributed by atoms with Gasteiger partial charge < -0.3 is 4.74 Å². The molecule has 0 amide bonds. The molecule has 4 nitrogen and oxygen atoms in total. The van der Waals surface area contributed by atoms with E-state index < -0.39 is 0 Å². The number of Topliss-reactive ketones (excluding diaryl/α,β-unsaturated/α-hetero) is 1. The molecule has 29 heavy (non-hydrogen) atoms. The van der Waals surface area contributed by atoms with Gasteiger partial charge in [-0.15, -0.1) is 0 Å². The number of ketones is 1. The molecular formula is C25H30N2O2. The number of fused-ring (bicyclic) bond motifs is 5. The summed E-state index contributed by atoms with van der Waals surface area (Å²) in [5, 5.41) is 4.35. The molecule has 2 aromatic rings. The van der Waals surface area contributed by atoms with Crippen molar-refractivity contribution in [2.45, 2.75) is 51.9 Å². The molecule has 0 N–H and O–H groups in total. The van der Waals surface area contributed by atoms with Crippen LogP contribution in [0.2, 0.25) is 0 Å². The van der Waals surface area contributed by atoms with Crippen LogP contribution in [0.5, 0.6) is 5.75 Å². The van der Waals surface area contributed by atoms with Crippen molar-refractivity contribution in [2.24, 2.45) is 24.3 Å². The monoisotopic (exact) mass is 390 g/mol. The van der Waals surface area contributed by atoms with Gasteiger partial charge in [0, 0.05) is 23.7 Å². The summed E-state index contributed by atoms with van der Waals surface area (Å²) in [7, 11) is 3.69. The summed E-state index contributed by atoms with van der Waals surface area (Å²) in [4.78, 5) is 13.5. The maximum Gasteiger partial charge on any atom is 0.165 e. The maximum atomic E-state index is 13.5. The summed E-state index contributed by atoms with van der Waals surface area (Å²) in [5.74, 6) is 2.96. The number of ether oxygens (including phenoxy) is 1. The Morgan fingerprint density at radius 2 is 2.14 bits per heavy atom. The van der Waals surface area contributed by atoms with Crippen molar-refractivity contribution in [3.8, 4) is 5.75 Å². The number of nitrogens with zero attached hydrogens (tertiary/aromatic N) is 2. The van der Waals surface area contributed by atoms with Gasteiger partial charge in [0.05, 0.1) is 13.3 Å². The molecular weight excluding hydrogens is 360 g/mol. The molecule has 2 fully saturated rings. The number of aromatic nitrogens is 2. The molecule has 1 aromatic carbocycles. The van der Waals surface area contributed by atoms with Crippen molar-refractivity contribution in [1.82, 2.24) is 9.78 Å². The molecule has 0 spiro atoms. The van der Waals surface area contributed by atoms with Crippen LogP contribution in [0.15, 0.2) is 30.0 Å². The average Bonchev–Trinajstić information content (AvgIpc) is 3.18. The Hall–Kier alpha value is -2.36. The quantitative estimate of drug-likeness (QED) is 0.688. The second-order valence-corrected chi connectivity index (χ2v) is 9.45. The molecule has 3 aliphatic carbocycles. The van der Waals surface area contributed by atoms with Crippen molar-refractivity contribution >= 4 is 11.9 Å². The van der Waals surface area contributed by atoms with Gasteiger partial charge in [-0.05, 0) is 91.7 Å². The summed E-state index contributed by atoms with van der Waals surface area (Å²) in [6, 6.07) is 6.60. The predicted octanol–water partition coefficient (Wildman–Crippen LogP) is 4.86. The Balaban J connectivity index is 1.48. The lowest BCUT2D eigenvalue weighted by Crippen LogP contribution is -2.42. The average molecular weight is 391 g/mol. The predicted molar refractivity (Wildman–Crippen MR) is 114 cm³/mol. The lowest BCUT2D eigenvalue weighted by Gasteiger charge is -2.48. The largest absolute Gasteiger partial charge is 0.497 e. The number of rotatable bonds is 2. The lowest BCUT2D eigenvalue weighted by atomic mass is 9.55. The van der Waals surface area contributed by atoms with Crippen LogP contribution in [-0.4, -0.2) is 22.7 Å². The first-order valence-electron chi connectivity index (χ1n) is 10.8. The number of hydrogen-bond donors (Lipinski definition) is 0. The molecule has 0 unspecified atom stereocenters. The van der Waals surface area contributed by atoms with Gasteiger partial charge in [-0.2, -0.15) is 5.10 Å². The van der Waals surface area contributed by atoms with Crippen molar-refractivity contribution < 1.29 is 9.53 Å². The van der Waals surface area contributed by atoms with E-state index in [1.54, 1.807) is 7.11 Å². The molecule has 4 heteroatoms. The molecule has 0 bridgehead atoms. The van der Waals surface area contributed by atoms with Crippen molar-refractivity contribution in [2.75, 3.05) is 7.11 Å². The van der Waals surface area contributed by atoms with E-state index >= 15 is 0 Å².